The Balaban J connectivity index is 1.58. The maximum Gasteiger partial charge on any atom is 0.225 e. The molecule has 1 aromatic carbocycles. The van der Waals surface area contributed by atoms with Crippen LogP contribution in [0, 0.1) is 34.8 Å². The Labute approximate surface area is 209 Å². The number of hydrogen-bond donors (Lipinski definition) is 1. The minimum absolute atomic E-state index is 0.0859. The van der Waals surface area contributed by atoms with Gasteiger partial charge in [0.2, 0.25) is 5.95 Å². The summed E-state index contributed by atoms with van der Waals surface area (Å²) < 4.78 is 42.2. The number of methoxy groups -OCH3 is 1. The lowest BCUT2D eigenvalue weighted by atomic mass is 9.94. The summed E-state index contributed by atoms with van der Waals surface area (Å²) in [6.45, 7) is 4.65. The number of halogens is 2. The van der Waals surface area contributed by atoms with Crippen LogP contribution in [0.5, 0.6) is 0 Å². The predicted molar refractivity (Wildman–Crippen MR) is 132 cm³/mol. The van der Waals surface area contributed by atoms with Crippen LogP contribution in [0.25, 0.3) is 32.2 Å². The minimum atomic E-state index is -0.612. The van der Waals surface area contributed by atoms with E-state index >= 15 is 4.39 Å². The molecule has 2 atom stereocenters. The molecule has 3 aromatic heterocycles. The lowest BCUT2D eigenvalue weighted by Gasteiger charge is -2.18. The second-order valence-corrected chi connectivity index (χ2v) is 10.3. The van der Waals surface area contributed by atoms with Gasteiger partial charge in [-0.05, 0) is 17.0 Å². The molecule has 184 valence electrons. The van der Waals surface area contributed by atoms with Crippen molar-refractivity contribution in [3.05, 3.63) is 40.7 Å². The maximum atomic E-state index is 16.4. The molecule has 6 rings (SSSR count). The molecular formula is C25H22F2N6O2S. The summed E-state index contributed by atoms with van der Waals surface area (Å²) >= 11 is 0.949. The molecule has 0 amide bonds. The topological polar surface area (TPSA) is 110 Å². The van der Waals surface area contributed by atoms with Crippen molar-refractivity contribution < 1.29 is 18.3 Å². The van der Waals surface area contributed by atoms with Gasteiger partial charge in [-0.25, -0.2) is 18.7 Å². The molecule has 0 radical (unpaired) electrons. The highest BCUT2D eigenvalue weighted by atomic mass is 32.1. The Bertz CT molecular complexity index is 1580. The first-order valence-electron chi connectivity index (χ1n) is 11.5. The number of pyridine rings is 1. The summed E-state index contributed by atoms with van der Waals surface area (Å²) in [7, 11) is 1.68. The summed E-state index contributed by atoms with van der Waals surface area (Å²) in [4.78, 5) is 15.5. The van der Waals surface area contributed by atoms with Crippen molar-refractivity contribution in [3.63, 3.8) is 0 Å². The van der Waals surface area contributed by atoms with E-state index in [1.807, 2.05) is 11.0 Å². The van der Waals surface area contributed by atoms with Gasteiger partial charge in [0.25, 0.3) is 0 Å². The SMILES string of the molecule is COCC1CN(c2ncc3c4c(c(-c5ncc(F)c6sc(N)c(C#N)c56)c(F)c3n2)COC4)CC1C. The first-order valence-corrected chi connectivity index (χ1v) is 12.3. The number of nitrogens with zero attached hydrogens (tertiary/aromatic N) is 5. The van der Waals surface area contributed by atoms with Crippen LogP contribution >= 0.6 is 11.3 Å². The molecule has 0 spiro atoms. The first-order chi connectivity index (χ1) is 17.4. The smallest absolute Gasteiger partial charge is 0.225 e. The number of nitrogens with two attached hydrogens (primary N) is 1. The normalized spacial score (nSPS) is 19.4. The third-order valence-corrected chi connectivity index (χ3v) is 8.19. The van der Waals surface area contributed by atoms with Crippen molar-refractivity contribution in [3.8, 4) is 17.3 Å². The number of ether oxygens (including phenoxy) is 2. The van der Waals surface area contributed by atoms with Crippen molar-refractivity contribution in [2.45, 2.75) is 20.1 Å². The number of rotatable bonds is 4. The summed E-state index contributed by atoms with van der Waals surface area (Å²) in [6, 6.07) is 2.03. The van der Waals surface area contributed by atoms with Gasteiger partial charge >= 0.3 is 0 Å². The van der Waals surface area contributed by atoms with Crippen LogP contribution in [-0.2, 0) is 22.7 Å². The molecule has 1 fully saturated rings. The molecule has 2 aliphatic heterocycles. The quantitative estimate of drug-likeness (QED) is 0.432. The molecule has 0 saturated carbocycles. The van der Waals surface area contributed by atoms with E-state index < -0.39 is 11.6 Å². The van der Waals surface area contributed by atoms with Gasteiger partial charge in [-0.2, -0.15) is 5.26 Å². The average molecular weight is 509 g/mol. The average Bonchev–Trinajstić information content (AvgIpc) is 3.58. The van der Waals surface area contributed by atoms with E-state index in [1.54, 1.807) is 13.3 Å². The predicted octanol–water partition coefficient (Wildman–Crippen LogP) is 4.39. The fourth-order valence-corrected chi connectivity index (χ4v) is 6.24. The third kappa shape index (κ3) is 3.32. The highest BCUT2D eigenvalue weighted by molar-refractivity contribution is 7.23. The lowest BCUT2D eigenvalue weighted by molar-refractivity contribution is 0.135. The van der Waals surface area contributed by atoms with E-state index in [9.17, 15) is 9.65 Å². The van der Waals surface area contributed by atoms with Crippen molar-refractivity contribution in [2.75, 3.05) is 37.4 Å². The Kier molecular flexibility index (Phi) is 5.48. The van der Waals surface area contributed by atoms with Gasteiger partial charge < -0.3 is 20.1 Å². The zero-order chi connectivity index (χ0) is 25.1. The first kappa shape index (κ1) is 23.0. The number of benzene rings is 1. The molecule has 8 nitrogen and oxygen atoms in total. The standard InChI is InChI=1S/C25H22F2N6O2S/c1-11-6-33(7-12(11)8-34-2)25-31-4-14-15-9-35-10-16(15)18(20(27)21(14)32-25)22-19-13(3-28)24(29)36-23(19)17(26)5-30-22/h4-5,11-12H,6-10,29H2,1-2H3. The number of thiophene rings is 1. The Morgan fingerprint density at radius 3 is 2.83 bits per heavy atom. The van der Waals surface area contributed by atoms with Crippen LogP contribution in [0.1, 0.15) is 23.6 Å². The van der Waals surface area contributed by atoms with E-state index in [-0.39, 0.29) is 50.6 Å². The van der Waals surface area contributed by atoms with Gasteiger partial charge in [0, 0.05) is 48.6 Å². The summed E-state index contributed by atoms with van der Waals surface area (Å²) in [5, 5.41) is 10.6. The van der Waals surface area contributed by atoms with Crippen molar-refractivity contribution in [2.24, 2.45) is 11.8 Å². The summed E-state index contributed by atoms with van der Waals surface area (Å²) in [6.07, 6.45) is 2.68. The molecule has 2 N–H and O–H groups in total. The molecule has 2 unspecified atom stereocenters. The highest BCUT2D eigenvalue weighted by Crippen LogP contribution is 2.45. The van der Waals surface area contributed by atoms with Crippen LogP contribution < -0.4 is 10.6 Å². The fraction of sp³-hybridized carbons (Fsp3) is 0.360. The van der Waals surface area contributed by atoms with E-state index in [0.717, 1.165) is 29.6 Å². The fourth-order valence-electron chi connectivity index (χ4n) is 5.32. The lowest BCUT2D eigenvalue weighted by Crippen LogP contribution is -2.23. The van der Waals surface area contributed by atoms with Gasteiger partial charge in [0.1, 0.15) is 16.6 Å². The number of anilines is 2. The van der Waals surface area contributed by atoms with E-state index in [0.29, 0.717) is 41.9 Å². The molecule has 11 heteroatoms. The monoisotopic (exact) mass is 508 g/mol. The van der Waals surface area contributed by atoms with E-state index in [2.05, 4.69) is 21.9 Å². The Hall–Kier alpha value is -3.46. The molecular weight excluding hydrogens is 486 g/mol. The molecule has 0 bridgehead atoms. The van der Waals surface area contributed by atoms with Gasteiger partial charge in [-0.15, -0.1) is 11.3 Å². The van der Waals surface area contributed by atoms with Crippen LogP contribution in [0.3, 0.4) is 0 Å². The van der Waals surface area contributed by atoms with Crippen molar-refractivity contribution >= 4 is 43.3 Å². The molecule has 4 aromatic rings. The largest absolute Gasteiger partial charge is 0.389 e. The number of fused-ring (bicyclic) bond motifs is 4. The van der Waals surface area contributed by atoms with E-state index in [4.69, 9.17) is 15.2 Å². The maximum absolute atomic E-state index is 16.4. The Morgan fingerprint density at radius 2 is 2.06 bits per heavy atom. The van der Waals surface area contributed by atoms with Crippen LogP contribution in [0.15, 0.2) is 12.4 Å². The number of aromatic nitrogens is 3. The zero-order valence-corrected chi connectivity index (χ0v) is 20.5. The molecule has 5 heterocycles. The van der Waals surface area contributed by atoms with Crippen molar-refractivity contribution in [1.29, 1.82) is 5.26 Å². The number of nitriles is 1. The van der Waals surface area contributed by atoms with Crippen LogP contribution in [-0.4, -0.2) is 41.8 Å². The zero-order valence-electron chi connectivity index (χ0n) is 19.6. The molecule has 2 aliphatic rings. The number of hydrogen-bond acceptors (Lipinski definition) is 9. The van der Waals surface area contributed by atoms with Crippen molar-refractivity contribution in [1.82, 2.24) is 15.0 Å². The highest BCUT2D eigenvalue weighted by Gasteiger charge is 2.33. The second-order valence-electron chi connectivity index (χ2n) is 9.28. The van der Waals surface area contributed by atoms with Crippen LogP contribution in [0.2, 0.25) is 0 Å². The summed E-state index contributed by atoms with van der Waals surface area (Å²) in [5.74, 6) is -0.0741. The van der Waals surface area contributed by atoms with Gasteiger partial charge in [0.15, 0.2) is 11.6 Å². The van der Waals surface area contributed by atoms with Gasteiger partial charge in [0.05, 0.1) is 42.0 Å². The van der Waals surface area contributed by atoms with Gasteiger partial charge in [-0.1, -0.05) is 6.92 Å². The minimum Gasteiger partial charge on any atom is -0.389 e. The second kappa shape index (κ2) is 8.58. The Morgan fingerprint density at radius 1 is 1.25 bits per heavy atom. The molecule has 1 saturated heterocycles. The van der Waals surface area contributed by atoms with Crippen LogP contribution in [0.4, 0.5) is 19.7 Å². The third-order valence-electron chi connectivity index (χ3n) is 7.16. The summed E-state index contributed by atoms with van der Waals surface area (Å²) in [5.41, 5.74) is 7.91. The molecule has 0 aliphatic carbocycles. The molecule has 36 heavy (non-hydrogen) atoms. The van der Waals surface area contributed by atoms with Gasteiger partial charge in [-0.3, -0.25) is 4.98 Å². The number of nitrogen functional groups attached to an aromatic ring is 1. The van der Waals surface area contributed by atoms with E-state index in [1.165, 1.54) is 0 Å².